The van der Waals surface area contributed by atoms with Gasteiger partial charge in [0, 0.05) is 11.9 Å². The van der Waals surface area contributed by atoms with Crippen LogP contribution in [0.25, 0.3) is 10.9 Å². The Labute approximate surface area is 119 Å². The van der Waals surface area contributed by atoms with Crippen LogP contribution < -0.4 is 4.72 Å². The van der Waals surface area contributed by atoms with Gasteiger partial charge in [-0.25, -0.2) is 4.98 Å². The molecule has 0 spiro atoms. The van der Waals surface area contributed by atoms with Crippen LogP contribution in [0, 0.1) is 0 Å². The van der Waals surface area contributed by atoms with Gasteiger partial charge in [-0.05, 0) is 26.2 Å². The number of fused-ring (bicyclic) bond motifs is 1. The van der Waals surface area contributed by atoms with E-state index in [1.165, 1.54) is 0 Å². The zero-order chi connectivity index (χ0) is 14.8. The van der Waals surface area contributed by atoms with E-state index in [-0.39, 0.29) is 11.9 Å². The lowest BCUT2D eigenvalue weighted by molar-refractivity contribution is -0.0323. The van der Waals surface area contributed by atoms with Crippen molar-refractivity contribution in [2.24, 2.45) is 0 Å². The number of anilines is 1. The van der Waals surface area contributed by atoms with Gasteiger partial charge in [-0.1, -0.05) is 18.2 Å². The minimum Gasteiger partial charge on any atom is -0.321 e. The summed E-state index contributed by atoms with van der Waals surface area (Å²) in [4.78, 5) is 6.38. The third kappa shape index (κ3) is 4.01. The smallest absolute Gasteiger partial charge is 0.321 e. The maximum atomic E-state index is 12.3. The number of benzene rings is 1. The summed E-state index contributed by atoms with van der Waals surface area (Å²) in [6, 6.07) is 8.86. The quantitative estimate of drug-likeness (QED) is 0.868. The molecule has 3 nitrogen and oxygen atoms in total. The minimum absolute atomic E-state index is 0.279. The molecule has 1 aromatic heterocycles. The Morgan fingerprint density at radius 3 is 2.60 bits per heavy atom. The first kappa shape index (κ1) is 14.9. The molecule has 7 heteroatoms. The first-order valence-corrected chi connectivity index (χ1v) is 6.71. The summed E-state index contributed by atoms with van der Waals surface area (Å²) in [6.07, 6.45) is 0. The van der Waals surface area contributed by atoms with E-state index >= 15 is 0 Å². The summed E-state index contributed by atoms with van der Waals surface area (Å²) < 4.78 is 39.1. The van der Waals surface area contributed by atoms with E-state index in [4.69, 9.17) is 0 Å². The maximum absolute atomic E-state index is 12.3. The first-order chi connectivity index (χ1) is 9.35. The molecule has 2 aromatic rings. The number of halogens is 3. The standard InChI is InChI=1S/C13H14F3N3S/c1-19(2)8-10-7-6-9-4-3-5-11(12(9)17-10)18-20-13(14,15)16/h3-7,18H,8H2,1-2H3. The van der Waals surface area contributed by atoms with Gasteiger partial charge in [0.15, 0.2) is 0 Å². The largest absolute Gasteiger partial charge is 0.461 e. The highest BCUT2D eigenvalue weighted by Crippen LogP contribution is 2.33. The average Bonchev–Trinajstić information content (AvgIpc) is 2.34. The Balaban J connectivity index is 2.33. The molecule has 0 unspecified atom stereocenters. The predicted octanol–water partition coefficient (Wildman–Crippen LogP) is 3.88. The number of hydrogen-bond acceptors (Lipinski definition) is 4. The van der Waals surface area contributed by atoms with Gasteiger partial charge in [0.1, 0.15) is 0 Å². The molecular formula is C13H14F3N3S. The van der Waals surface area contributed by atoms with Crippen molar-refractivity contribution >= 4 is 28.5 Å². The normalized spacial score (nSPS) is 12.1. The summed E-state index contributed by atoms with van der Waals surface area (Å²) in [5.41, 5.74) is -2.61. The summed E-state index contributed by atoms with van der Waals surface area (Å²) in [5.74, 6) is 0. The van der Waals surface area contributed by atoms with Crippen molar-refractivity contribution in [1.29, 1.82) is 0 Å². The van der Waals surface area contributed by atoms with Crippen LogP contribution in [0.2, 0.25) is 0 Å². The van der Waals surface area contributed by atoms with Gasteiger partial charge in [-0.2, -0.15) is 13.2 Å². The Morgan fingerprint density at radius 1 is 1.20 bits per heavy atom. The molecule has 1 aromatic carbocycles. The molecule has 20 heavy (non-hydrogen) atoms. The molecule has 0 aliphatic heterocycles. The highest BCUT2D eigenvalue weighted by atomic mass is 32.2. The van der Waals surface area contributed by atoms with Gasteiger partial charge in [0.05, 0.1) is 28.8 Å². The number of nitrogens with zero attached hydrogens (tertiary/aromatic N) is 2. The number of rotatable bonds is 4. The van der Waals surface area contributed by atoms with E-state index in [0.717, 1.165) is 11.1 Å². The fraction of sp³-hybridized carbons (Fsp3) is 0.308. The Kier molecular flexibility index (Phi) is 4.39. The number of nitrogens with one attached hydrogen (secondary N) is 1. The van der Waals surface area contributed by atoms with Crippen LogP contribution in [0.5, 0.6) is 0 Å². The molecule has 0 amide bonds. The zero-order valence-electron chi connectivity index (χ0n) is 11.0. The monoisotopic (exact) mass is 301 g/mol. The van der Waals surface area contributed by atoms with E-state index in [0.29, 0.717) is 17.7 Å². The second-order valence-corrected chi connectivity index (χ2v) is 5.44. The lowest BCUT2D eigenvalue weighted by Gasteiger charge is -2.12. The molecule has 0 saturated heterocycles. The topological polar surface area (TPSA) is 28.2 Å². The Morgan fingerprint density at radius 2 is 1.95 bits per heavy atom. The van der Waals surface area contributed by atoms with Crippen LogP contribution in [0.3, 0.4) is 0 Å². The van der Waals surface area contributed by atoms with Crippen LogP contribution in [-0.2, 0) is 6.54 Å². The number of pyridine rings is 1. The van der Waals surface area contributed by atoms with Crippen LogP contribution >= 0.6 is 11.9 Å². The predicted molar refractivity (Wildman–Crippen MR) is 76.4 cm³/mol. The van der Waals surface area contributed by atoms with Crippen molar-refractivity contribution in [1.82, 2.24) is 9.88 Å². The minimum atomic E-state index is -4.33. The van der Waals surface area contributed by atoms with E-state index in [9.17, 15) is 13.2 Å². The van der Waals surface area contributed by atoms with Crippen LogP contribution in [0.15, 0.2) is 30.3 Å². The van der Waals surface area contributed by atoms with Crippen molar-refractivity contribution < 1.29 is 13.2 Å². The molecule has 2 rings (SSSR count). The van der Waals surface area contributed by atoms with E-state index in [1.54, 1.807) is 12.1 Å². The lowest BCUT2D eigenvalue weighted by Crippen LogP contribution is -2.12. The van der Waals surface area contributed by atoms with E-state index < -0.39 is 5.51 Å². The zero-order valence-corrected chi connectivity index (χ0v) is 11.8. The molecule has 0 saturated carbocycles. The van der Waals surface area contributed by atoms with Crippen LogP contribution in [0.1, 0.15) is 5.69 Å². The summed E-state index contributed by atoms with van der Waals surface area (Å²) >= 11 is -0.279. The molecule has 0 fully saturated rings. The third-order valence-corrected chi connectivity index (χ3v) is 3.09. The highest BCUT2D eigenvalue weighted by Gasteiger charge is 2.29. The molecule has 0 atom stereocenters. The first-order valence-electron chi connectivity index (χ1n) is 5.89. The Hall–Kier alpha value is -1.47. The van der Waals surface area contributed by atoms with E-state index in [2.05, 4.69) is 9.71 Å². The fourth-order valence-electron chi connectivity index (χ4n) is 1.79. The van der Waals surface area contributed by atoms with Gasteiger partial charge < -0.3 is 9.62 Å². The lowest BCUT2D eigenvalue weighted by atomic mass is 10.2. The highest BCUT2D eigenvalue weighted by molar-refractivity contribution is 8.01. The molecule has 1 heterocycles. The van der Waals surface area contributed by atoms with Crippen molar-refractivity contribution in [2.45, 2.75) is 12.1 Å². The molecule has 1 N–H and O–H groups in total. The van der Waals surface area contributed by atoms with Gasteiger partial charge >= 0.3 is 5.51 Å². The van der Waals surface area contributed by atoms with Crippen LogP contribution in [0.4, 0.5) is 18.9 Å². The van der Waals surface area contributed by atoms with Crippen molar-refractivity contribution in [3.05, 3.63) is 36.0 Å². The van der Waals surface area contributed by atoms with Crippen molar-refractivity contribution in [3.8, 4) is 0 Å². The molecular weight excluding hydrogens is 287 g/mol. The second kappa shape index (κ2) is 5.88. The summed E-state index contributed by atoms with van der Waals surface area (Å²) in [5, 5.41) is 0.806. The fourth-order valence-corrected chi connectivity index (χ4v) is 2.19. The number of hydrogen-bond donors (Lipinski definition) is 1. The molecule has 0 bridgehead atoms. The van der Waals surface area contributed by atoms with Gasteiger partial charge in [0.2, 0.25) is 0 Å². The van der Waals surface area contributed by atoms with Crippen molar-refractivity contribution in [2.75, 3.05) is 18.8 Å². The number of alkyl halides is 3. The molecule has 108 valence electrons. The van der Waals surface area contributed by atoms with Gasteiger partial charge in [-0.15, -0.1) is 0 Å². The Bertz CT molecular complexity index is 599. The summed E-state index contributed by atoms with van der Waals surface area (Å²) in [6.45, 7) is 0.636. The number of aromatic nitrogens is 1. The molecule has 0 radical (unpaired) electrons. The average molecular weight is 301 g/mol. The van der Waals surface area contributed by atoms with Crippen molar-refractivity contribution in [3.63, 3.8) is 0 Å². The van der Waals surface area contributed by atoms with Gasteiger partial charge in [0.25, 0.3) is 0 Å². The van der Waals surface area contributed by atoms with Gasteiger partial charge in [-0.3, -0.25) is 0 Å². The van der Waals surface area contributed by atoms with E-state index in [1.807, 2.05) is 37.2 Å². The third-order valence-electron chi connectivity index (χ3n) is 2.53. The van der Waals surface area contributed by atoms with Crippen LogP contribution in [-0.4, -0.2) is 29.5 Å². The SMILES string of the molecule is CN(C)Cc1ccc2cccc(NSC(F)(F)F)c2n1. The molecule has 0 aliphatic carbocycles. The number of para-hydroxylation sites is 1. The molecule has 0 aliphatic rings. The second-order valence-electron chi connectivity index (χ2n) is 4.57. The summed E-state index contributed by atoms with van der Waals surface area (Å²) in [7, 11) is 3.82. The maximum Gasteiger partial charge on any atom is 0.461 e.